The average Bonchev–Trinajstić information content (AvgIpc) is 3.64. The third kappa shape index (κ3) is 14.4. The summed E-state index contributed by atoms with van der Waals surface area (Å²) in [5.41, 5.74) is 1.70. The molecule has 4 N–H and O–H groups in total. The number of rotatable bonds is 23. The van der Waals surface area contributed by atoms with Crippen molar-refractivity contribution >= 4 is 35.3 Å². The van der Waals surface area contributed by atoms with Gasteiger partial charge in [-0.25, -0.2) is 13.9 Å². The number of aliphatic hydroxyl groups is 1. The number of hydrazone groups is 1. The molecule has 2 aromatic heterocycles. The molecule has 3 aromatic rings. The molecular formula is C40H58FN9O9. The Morgan fingerprint density at radius 1 is 0.932 bits per heavy atom. The number of nitrogens with two attached hydrogens (primary N) is 1. The van der Waals surface area contributed by atoms with E-state index in [2.05, 4.69) is 15.4 Å². The lowest BCUT2D eigenvalue weighted by Gasteiger charge is -2.46. The lowest BCUT2D eigenvalue weighted by Crippen LogP contribution is -2.63. The van der Waals surface area contributed by atoms with Crippen LogP contribution in [0, 0.1) is 5.82 Å². The lowest BCUT2D eigenvalue weighted by atomic mass is 9.87. The van der Waals surface area contributed by atoms with E-state index in [0.717, 1.165) is 11.1 Å². The molecular weight excluding hydrogens is 769 g/mol. The molecule has 324 valence electrons. The van der Waals surface area contributed by atoms with Gasteiger partial charge in [0.2, 0.25) is 5.91 Å². The highest BCUT2D eigenvalue weighted by Crippen LogP contribution is 2.31. The summed E-state index contributed by atoms with van der Waals surface area (Å²) in [6, 6.07) is 7.99. The molecule has 0 unspecified atom stereocenters. The third-order valence-electron chi connectivity index (χ3n) is 9.13. The van der Waals surface area contributed by atoms with Crippen LogP contribution in [0.5, 0.6) is 0 Å². The number of carbonyl (C=O) groups is 3. The van der Waals surface area contributed by atoms with Crippen molar-refractivity contribution in [3.8, 4) is 11.3 Å². The number of aromatic nitrogens is 3. The van der Waals surface area contributed by atoms with Gasteiger partial charge in [-0.1, -0.05) is 20.8 Å². The monoisotopic (exact) mass is 827 g/mol. The van der Waals surface area contributed by atoms with E-state index in [9.17, 15) is 18.8 Å². The van der Waals surface area contributed by atoms with E-state index in [1.165, 1.54) is 18.3 Å². The zero-order chi connectivity index (χ0) is 42.8. The average molecular weight is 828 g/mol. The topological polar surface area (TPSA) is 217 Å². The minimum absolute atomic E-state index is 0.00873. The molecule has 1 aromatic carbocycles. The Hall–Kier alpha value is -4.92. The first kappa shape index (κ1) is 46.8. The number of fused-ring (bicyclic) bond motifs is 1. The fraction of sp³-hybridized carbons (Fsp3) is 0.575. The summed E-state index contributed by atoms with van der Waals surface area (Å²) in [7, 11) is 0. The van der Waals surface area contributed by atoms with Crippen molar-refractivity contribution in [2.75, 3.05) is 105 Å². The normalized spacial score (nSPS) is 14.7. The van der Waals surface area contributed by atoms with E-state index in [-0.39, 0.29) is 80.4 Å². The number of nitrogens with one attached hydrogen (secondary N) is 1. The van der Waals surface area contributed by atoms with Crippen molar-refractivity contribution in [2.24, 2.45) is 15.9 Å². The predicted molar refractivity (Wildman–Crippen MR) is 218 cm³/mol. The van der Waals surface area contributed by atoms with Crippen LogP contribution in [0.15, 0.2) is 46.6 Å². The van der Waals surface area contributed by atoms with Crippen LogP contribution in [0.3, 0.4) is 0 Å². The molecule has 3 amide bonds. The summed E-state index contributed by atoms with van der Waals surface area (Å²) in [4.78, 5) is 51.7. The van der Waals surface area contributed by atoms with Crippen LogP contribution in [0.25, 0.3) is 16.9 Å². The van der Waals surface area contributed by atoms with Crippen LogP contribution in [0.1, 0.15) is 50.7 Å². The summed E-state index contributed by atoms with van der Waals surface area (Å²) in [6.07, 6.45) is 2.77. The van der Waals surface area contributed by atoms with E-state index in [0.29, 0.717) is 70.8 Å². The summed E-state index contributed by atoms with van der Waals surface area (Å²) < 4.78 is 42.0. The Bertz CT molecular complexity index is 1880. The van der Waals surface area contributed by atoms with E-state index >= 15 is 0 Å². The molecule has 1 aliphatic rings. The van der Waals surface area contributed by atoms with Gasteiger partial charge in [0.1, 0.15) is 18.1 Å². The summed E-state index contributed by atoms with van der Waals surface area (Å²) in [6.45, 7) is 14.3. The van der Waals surface area contributed by atoms with Crippen LogP contribution in [-0.4, -0.2) is 170 Å². The first-order valence-electron chi connectivity index (χ1n) is 19.6. The molecule has 59 heavy (non-hydrogen) atoms. The first-order valence-corrected chi connectivity index (χ1v) is 19.6. The van der Waals surface area contributed by atoms with Crippen LogP contribution < -0.4 is 11.2 Å². The molecule has 1 aliphatic heterocycles. The van der Waals surface area contributed by atoms with E-state index in [1.54, 1.807) is 32.6 Å². The number of hydrogen-bond acceptors (Lipinski definition) is 14. The Balaban J connectivity index is 1.18. The van der Waals surface area contributed by atoms with Gasteiger partial charge in [-0.15, -0.1) is 0 Å². The maximum absolute atomic E-state index is 14.0. The summed E-state index contributed by atoms with van der Waals surface area (Å²) in [5.74, 6) is 4.04. The predicted octanol–water partition coefficient (Wildman–Crippen LogP) is 1.47. The highest BCUT2D eigenvalue weighted by atomic mass is 19.1. The molecule has 0 bridgehead atoms. The third-order valence-corrected chi connectivity index (χ3v) is 9.13. The van der Waals surface area contributed by atoms with Gasteiger partial charge < -0.3 is 49.8 Å². The van der Waals surface area contributed by atoms with Crippen LogP contribution >= 0.6 is 0 Å². The highest BCUT2D eigenvalue weighted by molar-refractivity contribution is 6.60. The van der Waals surface area contributed by atoms with Crippen molar-refractivity contribution in [3.05, 3.63) is 53.6 Å². The smallest absolute Gasteiger partial charge is 0.275 e. The molecule has 1 saturated heterocycles. The second-order valence-corrected chi connectivity index (χ2v) is 15.2. The second-order valence-electron chi connectivity index (χ2n) is 15.2. The van der Waals surface area contributed by atoms with Gasteiger partial charge in [0, 0.05) is 37.3 Å². The van der Waals surface area contributed by atoms with Crippen LogP contribution in [0.4, 0.5) is 4.39 Å². The quantitative estimate of drug-likeness (QED) is 0.0536. The SMILES string of the molecule is CC(C)(C)c1cc(-c2ccc(F)cc2)nn2cc(C(=O)N3CCN(C(=O)/C(C=NCC(=O)NCCOCCOCCOCCOCCOCCO)=N/N)CC3(C)C)nc12. The van der Waals surface area contributed by atoms with Crippen molar-refractivity contribution in [3.63, 3.8) is 0 Å². The largest absolute Gasteiger partial charge is 0.394 e. The standard InChI is InChI=1S/C40H58FN9O9/c1-39(2,3)31-24-32(29-6-8-30(41)9-7-29)47-50-27-34(45-36(31)50)38(54)49-12-11-48(28-40(49,4)5)37(53)33(46-42)25-43-26-35(52)44-10-14-55-16-18-57-20-22-59-23-21-58-19-17-56-15-13-51/h6-9,24-25,27,51H,10-23,26,28,42H2,1-5H3,(H,44,52)/b43-25?,46-33+. The van der Waals surface area contributed by atoms with E-state index in [4.69, 9.17) is 44.7 Å². The van der Waals surface area contributed by atoms with E-state index < -0.39 is 11.4 Å². The van der Waals surface area contributed by atoms with Crippen molar-refractivity contribution in [2.45, 2.75) is 45.6 Å². The number of nitrogens with zero attached hydrogens (tertiary/aromatic N) is 7. The maximum atomic E-state index is 14.0. The van der Waals surface area contributed by atoms with Crippen molar-refractivity contribution < 1.29 is 47.6 Å². The Morgan fingerprint density at radius 3 is 2.08 bits per heavy atom. The molecule has 4 rings (SSSR count). The van der Waals surface area contributed by atoms with Crippen LogP contribution in [-0.2, 0) is 38.7 Å². The summed E-state index contributed by atoms with van der Waals surface area (Å²) in [5, 5.41) is 19.6. The second kappa shape index (κ2) is 23.0. The van der Waals surface area contributed by atoms with Gasteiger partial charge in [-0.05, 0) is 49.6 Å². The van der Waals surface area contributed by atoms with E-state index in [1.807, 2.05) is 40.7 Å². The molecule has 1 fully saturated rings. The lowest BCUT2D eigenvalue weighted by molar-refractivity contribution is -0.128. The Labute approximate surface area is 343 Å². The Kier molecular flexibility index (Phi) is 18.2. The maximum Gasteiger partial charge on any atom is 0.275 e. The number of aliphatic imine (C=N–C) groups is 1. The Morgan fingerprint density at radius 2 is 1.53 bits per heavy atom. The number of hydrogen-bond donors (Lipinski definition) is 3. The van der Waals surface area contributed by atoms with Gasteiger partial charge in [0.25, 0.3) is 11.8 Å². The van der Waals surface area contributed by atoms with Gasteiger partial charge in [0.05, 0.1) is 96.3 Å². The molecule has 0 aliphatic carbocycles. The molecule has 0 spiro atoms. The first-order chi connectivity index (χ1) is 28.2. The molecule has 0 atom stereocenters. The molecule has 18 nitrogen and oxygen atoms in total. The number of halogens is 1. The number of imidazole rings is 1. The molecule has 0 saturated carbocycles. The van der Waals surface area contributed by atoms with Crippen molar-refractivity contribution in [1.82, 2.24) is 29.7 Å². The van der Waals surface area contributed by atoms with Crippen molar-refractivity contribution in [1.29, 1.82) is 0 Å². The zero-order valence-electron chi connectivity index (χ0n) is 34.7. The van der Waals surface area contributed by atoms with Gasteiger partial charge in [-0.2, -0.15) is 10.2 Å². The number of amides is 3. The minimum atomic E-state index is -0.798. The molecule has 19 heteroatoms. The highest BCUT2D eigenvalue weighted by Gasteiger charge is 2.40. The van der Waals surface area contributed by atoms with Gasteiger partial charge in [-0.3, -0.25) is 19.4 Å². The van der Waals surface area contributed by atoms with Crippen LogP contribution in [0.2, 0.25) is 0 Å². The number of ether oxygens (including phenoxy) is 5. The zero-order valence-corrected chi connectivity index (χ0v) is 34.7. The molecule has 0 radical (unpaired) electrons. The van der Waals surface area contributed by atoms with Gasteiger partial charge >= 0.3 is 0 Å². The van der Waals surface area contributed by atoms with Gasteiger partial charge in [0.15, 0.2) is 11.4 Å². The summed E-state index contributed by atoms with van der Waals surface area (Å²) >= 11 is 0. The fourth-order valence-corrected chi connectivity index (χ4v) is 6.12. The fourth-order valence-electron chi connectivity index (χ4n) is 6.12. The number of benzene rings is 1. The molecule has 3 heterocycles. The number of carbonyl (C=O) groups excluding carboxylic acids is 3. The number of aliphatic hydroxyl groups excluding tert-OH is 1. The number of piperazine rings is 1. The minimum Gasteiger partial charge on any atom is -0.394 e.